The van der Waals surface area contributed by atoms with E-state index in [1.165, 1.54) is 14.0 Å². The number of ether oxygens (including phenoxy) is 1. The number of aromatic nitrogens is 2. The highest BCUT2D eigenvalue weighted by Crippen LogP contribution is 2.25. The van der Waals surface area contributed by atoms with Crippen molar-refractivity contribution in [2.45, 2.75) is 24.8 Å². The van der Waals surface area contributed by atoms with Crippen LogP contribution in [0.1, 0.15) is 24.2 Å². The zero-order chi connectivity index (χ0) is 17.2. The highest BCUT2D eigenvalue weighted by Gasteiger charge is 2.25. The highest BCUT2D eigenvalue weighted by atomic mass is 32.2. The van der Waals surface area contributed by atoms with Crippen LogP contribution in [0.25, 0.3) is 0 Å². The van der Waals surface area contributed by atoms with Gasteiger partial charge < -0.3 is 9.72 Å². The van der Waals surface area contributed by atoms with Crippen molar-refractivity contribution in [1.82, 2.24) is 14.7 Å². The number of sulfonamides is 1. The molecule has 0 unspecified atom stereocenters. The third kappa shape index (κ3) is 3.51. The van der Waals surface area contributed by atoms with Crippen molar-refractivity contribution >= 4 is 10.0 Å². The van der Waals surface area contributed by atoms with Gasteiger partial charge in [-0.25, -0.2) is 17.9 Å². The summed E-state index contributed by atoms with van der Waals surface area (Å²) in [4.78, 5) is 26.7. The molecule has 2 aromatic rings. The minimum absolute atomic E-state index is 0.0292. The zero-order valence-corrected chi connectivity index (χ0v) is 13.7. The molecule has 0 aliphatic heterocycles. The average molecular weight is 339 g/mol. The van der Waals surface area contributed by atoms with Gasteiger partial charge in [0.2, 0.25) is 10.0 Å². The van der Waals surface area contributed by atoms with Crippen LogP contribution < -0.4 is 20.7 Å². The number of hydrogen-bond donors (Lipinski definition) is 3. The van der Waals surface area contributed by atoms with Gasteiger partial charge in [-0.1, -0.05) is 18.2 Å². The van der Waals surface area contributed by atoms with Gasteiger partial charge in [0.25, 0.3) is 5.56 Å². The predicted octanol–water partition coefficient (Wildman–Crippen LogP) is 0.420. The lowest BCUT2D eigenvalue weighted by atomic mass is 10.1. The summed E-state index contributed by atoms with van der Waals surface area (Å²) in [6, 6.07) is 6.30. The SMILES string of the molecule is COc1ccccc1[C@@H](C)NS(=O)(=O)c1c(C)[nH]c(=O)[nH]c1=O. The predicted molar refractivity (Wildman–Crippen MR) is 84.2 cm³/mol. The molecule has 1 atom stereocenters. The molecular weight excluding hydrogens is 322 g/mol. The first kappa shape index (κ1) is 17.0. The molecule has 0 aliphatic carbocycles. The van der Waals surface area contributed by atoms with Gasteiger partial charge in [0.15, 0.2) is 4.90 Å². The van der Waals surface area contributed by atoms with Gasteiger partial charge >= 0.3 is 5.69 Å². The van der Waals surface area contributed by atoms with Crippen molar-refractivity contribution in [3.05, 3.63) is 56.4 Å². The molecule has 8 nitrogen and oxygen atoms in total. The summed E-state index contributed by atoms with van der Waals surface area (Å²) in [5, 5.41) is 0. The normalized spacial score (nSPS) is 12.8. The summed E-state index contributed by atoms with van der Waals surface area (Å²) in [6.07, 6.45) is 0. The van der Waals surface area contributed by atoms with Gasteiger partial charge in [0.05, 0.1) is 7.11 Å². The Morgan fingerprint density at radius 3 is 2.43 bits per heavy atom. The van der Waals surface area contributed by atoms with E-state index < -0.39 is 32.2 Å². The summed E-state index contributed by atoms with van der Waals surface area (Å²) >= 11 is 0. The molecule has 1 heterocycles. The van der Waals surface area contributed by atoms with Crippen LogP contribution in [0.3, 0.4) is 0 Å². The summed E-state index contributed by atoms with van der Waals surface area (Å²) in [5.74, 6) is 0.523. The molecule has 0 fully saturated rings. The molecule has 3 N–H and O–H groups in total. The Bertz CT molecular complexity index is 930. The van der Waals surface area contributed by atoms with Crippen LogP contribution in [0.5, 0.6) is 5.75 Å². The van der Waals surface area contributed by atoms with Crippen LogP contribution in [0, 0.1) is 6.92 Å². The maximum atomic E-state index is 12.5. The molecule has 23 heavy (non-hydrogen) atoms. The number of para-hydroxylation sites is 1. The molecular formula is C14H17N3O5S. The van der Waals surface area contributed by atoms with Gasteiger partial charge in [-0.05, 0) is 19.9 Å². The minimum Gasteiger partial charge on any atom is -0.496 e. The van der Waals surface area contributed by atoms with E-state index in [0.717, 1.165) is 0 Å². The molecule has 0 aliphatic rings. The lowest BCUT2D eigenvalue weighted by Gasteiger charge is -2.17. The fourth-order valence-corrected chi connectivity index (χ4v) is 3.75. The molecule has 0 saturated heterocycles. The van der Waals surface area contributed by atoms with Crippen LogP contribution in [-0.4, -0.2) is 25.5 Å². The van der Waals surface area contributed by atoms with E-state index in [1.807, 2.05) is 4.98 Å². The maximum Gasteiger partial charge on any atom is 0.325 e. The number of methoxy groups -OCH3 is 1. The fraction of sp³-hybridized carbons (Fsp3) is 0.286. The summed E-state index contributed by atoms with van der Waals surface area (Å²) < 4.78 is 32.6. The number of hydrogen-bond acceptors (Lipinski definition) is 5. The first-order valence-corrected chi connectivity index (χ1v) is 8.23. The second-order valence-electron chi connectivity index (χ2n) is 4.95. The Morgan fingerprint density at radius 2 is 1.83 bits per heavy atom. The Labute approximate surface area is 132 Å². The molecule has 1 aromatic heterocycles. The lowest BCUT2D eigenvalue weighted by Crippen LogP contribution is -2.36. The van der Waals surface area contributed by atoms with Gasteiger partial charge in [-0.3, -0.25) is 9.78 Å². The van der Waals surface area contributed by atoms with E-state index >= 15 is 0 Å². The number of aromatic amines is 2. The van der Waals surface area contributed by atoms with Crippen molar-refractivity contribution in [2.75, 3.05) is 7.11 Å². The van der Waals surface area contributed by atoms with E-state index in [9.17, 15) is 18.0 Å². The second kappa shape index (κ2) is 6.39. The van der Waals surface area contributed by atoms with Gasteiger partial charge in [-0.15, -0.1) is 0 Å². The van der Waals surface area contributed by atoms with Gasteiger partial charge in [0, 0.05) is 17.3 Å². The van der Waals surface area contributed by atoms with E-state index in [0.29, 0.717) is 11.3 Å². The Morgan fingerprint density at radius 1 is 1.17 bits per heavy atom. The molecule has 0 spiro atoms. The summed E-state index contributed by atoms with van der Waals surface area (Å²) in [5.41, 5.74) is -1.13. The molecule has 1 aromatic carbocycles. The van der Waals surface area contributed by atoms with Gasteiger partial charge in [0.1, 0.15) is 5.75 Å². The number of benzene rings is 1. The first-order valence-electron chi connectivity index (χ1n) is 6.74. The van der Waals surface area contributed by atoms with Crippen LogP contribution in [0.2, 0.25) is 0 Å². The topological polar surface area (TPSA) is 121 Å². The maximum absolute atomic E-state index is 12.5. The Balaban J connectivity index is 2.43. The third-order valence-electron chi connectivity index (χ3n) is 3.28. The van der Waals surface area contributed by atoms with E-state index in [2.05, 4.69) is 9.71 Å². The molecule has 0 amide bonds. The Hall–Kier alpha value is -2.39. The molecule has 2 rings (SSSR count). The average Bonchev–Trinajstić information content (AvgIpc) is 2.45. The number of aryl methyl sites for hydroxylation is 1. The number of H-pyrrole nitrogens is 2. The largest absolute Gasteiger partial charge is 0.496 e. The van der Waals surface area contributed by atoms with Crippen molar-refractivity contribution in [3.8, 4) is 5.75 Å². The monoisotopic (exact) mass is 339 g/mol. The quantitative estimate of drug-likeness (QED) is 0.729. The van der Waals surface area contributed by atoms with E-state index in [4.69, 9.17) is 4.74 Å². The van der Waals surface area contributed by atoms with Crippen molar-refractivity contribution < 1.29 is 13.2 Å². The zero-order valence-electron chi connectivity index (χ0n) is 12.8. The summed E-state index contributed by atoms with van der Waals surface area (Å²) in [7, 11) is -2.65. The second-order valence-corrected chi connectivity index (χ2v) is 6.60. The standard InChI is InChI=1S/C14H17N3O5S/c1-8(10-6-4-5-7-11(10)22-3)17-23(20,21)12-9(2)15-14(19)16-13(12)18/h4-8,17H,1-3H3,(H2,15,16,18,19)/t8-/m1/s1. The van der Waals surface area contributed by atoms with Crippen LogP contribution in [0.4, 0.5) is 0 Å². The molecule has 0 bridgehead atoms. The minimum atomic E-state index is -4.13. The van der Waals surface area contributed by atoms with Crippen LogP contribution in [-0.2, 0) is 10.0 Å². The van der Waals surface area contributed by atoms with Crippen molar-refractivity contribution in [3.63, 3.8) is 0 Å². The Kier molecular flexibility index (Phi) is 4.71. The fourth-order valence-electron chi connectivity index (χ4n) is 2.29. The molecule has 0 saturated carbocycles. The number of nitrogens with one attached hydrogen (secondary N) is 3. The van der Waals surface area contributed by atoms with Crippen molar-refractivity contribution in [1.29, 1.82) is 0 Å². The van der Waals surface area contributed by atoms with Gasteiger partial charge in [-0.2, -0.15) is 0 Å². The number of rotatable bonds is 5. The van der Waals surface area contributed by atoms with E-state index in [-0.39, 0.29) is 5.69 Å². The van der Waals surface area contributed by atoms with E-state index in [1.54, 1.807) is 31.2 Å². The highest BCUT2D eigenvalue weighted by molar-refractivity contribution is 7.89. The third-order valence-corrected chi connectivity index (χ3v) is 4.97. The van der Waals surface area contributed by atoms with Crippen LogP contribution in [0.15, 0.2) is 38.8 Å². The smallest absolute Gasteiger partial charge is 0.325 e. The molecule has 124 valence electrons. The molecule has 9 heteroatoms. The van der Waals surface area contributed by atoms with Crippen LogP contribution >= 0.6 is 0 Å². The summed E-state index contributed by atoms with van der Waals surface area (Å²) in [6.45, 7) is 2.98. The van der Waals surface area contributed by atoms with Crippen molar-refractivity contribution in [2.24, 2.45) is 0 Å². The molecule has 0 radical (unpaired) electrons. The first-order chi connectivity index (χ1) is 10.8. The lowest BCUT2D eigenvalue weighted by molar-refractivity contribution is 0.405.